The number of nitrogens with zero attached hydrogens (tertiary/aromatic N) is 1. The second-order valence-electron chi connectivity index (χ2n) is 5.70. The van der Waals surface area contributed by atoms with Crippen LogP contribution in [-0.4, -0.2) is 18.2 Å². The smallest absolute Gasteiger partial charge is 0.131 e. The Morgan fingerprint density at radius 2 is 1.89 bits per heavy atom. The maximum absolute atomic E-state index is 13.9. The molecular formula is C15H22FNO. The van der Waals surface area contributed by atoms with Crippen molar-refractivity contribution in [3.63, 3.8) is 0 Å². The molecule has 2 nitrogen and oxygen atoms in total. The van der Waals surface area contributed by atoms with Crippen LogP contribution in [0.1, 0.15) is 38.9 Å². The van der Waals surface area contributed by atoms with Crippen molar-refractivity contribution in [1.82, 2.24) is 0 Å². The van der Waals surface area contributed by atoms with Crippen molar-refractivity contribution in [3.8, 4) is 0 Å². The van der Waals surface area contributed by atoms with Gasteiger partial charge in [0.1, 0.15) is 5.82 Å². The summed E-state index contributed by atoms with van der Waals surface area (Å²) in [6.45, 7) is 7.95. The number of aliphatic hydroxyl groups excluding tert-OH is 1. The van der Waals surface area contributed by atoms with E-state index in [9.17, 15) is 9.50 Å². The van der Waals surface area contributed by atoms with Gasteiger partial charge in [-0.15, -0.1) is 0 Å². The Hall–Kier alpha value is -1.09. The Morgan fingerprint density at radius 3 is 2.44 bits per heavy atom. The molecular weight excluding hydrogens is 229 g/mol. The summed E-state index contributed by atoms with van der Waals surface area (Å²) < 4.78 is 13.9. The number of aliphatic hydroxyl groups is 1. The average Bonchev–Trinajstić information content (AvgIpc) is 2.26. The first-order valence-electron chi connectivity index (χ1n) is 6.70. The number of rotatable bonds is 2. The maximum atomic E-state index is 13.9. The molecule has 0 spiro atoms. The second kappa shape index (κ2) is 5.27. The lowest BCUT2D eigenvalue weighted by Crippen LogP contribution is -2.39. The van der Waals surface area contributed by atoms with Gasteiger partial charge in [0.25, 0.3) is 0 Å². The summed E-state index contributed by atoms with van der Waals surface area (Å²) in [6, 6.07) is 5.05. The Bertz CT molecular complexity index is 409. The van der Waals surface area contributed by atoms with Crippen molar-refractivity contribution >= 4 is 5.69 Å². The standard InChI is InChI=1S/C15H22FNO/c1-10-7-11(2)9-17(8-10)14-6-4-5-13(16)15(14)12(3)18/h4-6,10-12,18H,7-9H2,1-3H3. The largest absolute Gasteiger partial charge is 0.389 e. The Morgan fingerprint density at radius 1 is 1.28 bits per heavy atom. The topological polar surface area (TPSA) is 23.5 Å². The van der Waals surface area contributed by atoms with Crippen LogP contribution in [0, 0.1) is 17.7 Å². The first kappa shape index (κ1) is 13.3. The van der Waals surface area contributed by atoms with Crippen molar-refractivity contribution in [3.05, 3.63) is 29.6 Å². The van der Waals surface area contributed by atoms with E-state index in [-0.39, 0.29) is 5.82 Å². The molecule has 1 N–H and O–H groups in total. The fourth-order valence-corrected chi connectivity index (χ4v) is 3.07. The Balaban J connectivity index is 2.35. The fourth-order valence-electron chi connectivity index (χ4n) is 3.07. The number of halogens is 1. The highest BCUT2D eigenvalue weighted by atomic mass is 19.1. The summed E-state index contributed by atoms with van der Waals surface area (Å²) in [5.74, 6) is 0.908. The van der Waals surface area contributed by atoms with Gasteiger partial charge in [0, 0.05) is 24.3 Å². The van der Waals surface area contributed by atoms with E-state index in [0.717, 1.165) is 18.8 Å². The average molecular weight is 251 g/mol. The summed E-state index contributed by atoms with van der Waals surface area (Å²) in [6.07, 6.45) is 0.448. The minimum absolute atomic E-state index is 0.312. The zero-order valence-corrected chi connectivity index (χ0v) is 11.4. The monoisotopic (exact) mass is 251 g/mol. The lowest BCUT2D eigenvalue weighted by Gasteiger charge is -2.38. The van der Waals surface area contributed by atoms with Gasteiger partial charge in [-0.1, -0.05) is 19.9 Å². The molecule has 1 saturated heterocycles. The molecule has 1 aromatic carbocycles. The molecule has 0 saturated carbocycles. The van der Waals surface area contributed by atoms with Crippen LogP contribution in [0.5, 0.6) is 0 Å². The predicted molar refractivity (Wildman–Crippen MR) is 72.2 cm³/mol. The molecule has 0 amide bonds. The van der Waals surface area contributed by atoms with Gasteiger partial charge in [0.2, 0.25) is 0 Å². The van der Waals surface area contributed by atoms with Gasteiger partial charge in [-0.05, 0) is 37.3 Å². The third kappa shape index (κ3) is 2.66. The quantitative estimate of drug-likeness (QED) is 0.871. The third-order valence-electron chi connectivity index (χ3n) is 3.66. The lowest BCUT2D eigenvalue weighted by atomic mass is 9.91. The molecule has 0 aromatic heterocycles. The lowest BCUT2D eigenvalue weighted by molar-refractivity contribution is 0.194. The summed E-state index contributed by atoms with van der Waals surface area (Å²) in [4.78, 5) is 2.21. The third-order valence-corrected chi connectivity index (χ3v) is 3.66. The summed E-state index contributed by atoms with van der Waals surface area (Å²) in [5, 5.41) is 9.78. The van der Waals surface area contributed by atoms with Gasteiger partial charge in [-0.25, -0.2) is 4.39 Å². The van der Waals surface area contributed by atoms with Crippen LogP contribution < -0.4 is 4.90 Å². The number of hydrogen-bond donors (Lipinski definition) is 1. The zero-order chi connectivity index (χ0) is 13.3. The van der Waals surface area contributed by atoms with Crippen molar-refractivity contribution in [2.24, 2.45) is 11.8 Å². The van der Waals surface area contributed by atoms with Gasteiger partial charge in [0.15, 0.2) is 0 Å². The van der Waals surface area contributed by atoms with Gasteiger partial charge < -0.3 is 10.0 Å². The molecule has 3 unspecified atom stereocenters. The minimum Gasteiger partial charge on any atom is -0.389 e. The van der Waals surface area contributed by atoms with E-state index in [1.54, 1.807) is 13.0 Å². The van der Waals surface area contributed by atoms with Crippen LogP contribution in [0.2, 0.25) is 0 Å². The van der Waals surface area contributed by atoms with E-state index in [1.165, 1.54) is 12.5 Å². The first-order chi connectivity index (χ1) is 8.49. The van der Waals surface area contributed by atoms with E-state index in [1.807, 2.05) is 6.07 Å². The first-order valence-corrected chi connectivity index (χ1v) is 6.70. The molecule has 1 heterocycles. The van der Waals surface area contributed by atoms with Crippen LogP contribution in [0.3, 0.4) is 0 Å². The van der Waals surface area contributed by atoms with Crippen LogP contribution in [0.25, 0.3) is 0 Å². The van der Waals surface area contributed by atoms with Gasteiger partial charge in [0.05, 0.1) is 6.10 Å². The molecule has 1 aromatic rings. The summed E-state index contributed by atoms with van der Waals surface area (Å²) in [7, 11) is 0. The van der Waals surface area contributed by atoms with Crippen LogP contribution in [0.4, 0.5) is 10.1 Å². The molecule has 3 atom stereocenters. The van der Waals surface area contributed by atoms with Crippen molar-refractivity contribution < 1.29 is 9.50 Å². The molecule has 0 bridgehead atoms. The zero-order valence-electron chi connectivity index (χ0n) is 11.4. The van der Waals surface area contributed by atoms with E-state index < -0.39 is 6.10 Å². The van der Waals surface area contributed by atoms with Gasteiger partial charge in [-0.3, -0.25) is 0 Å². The SMILES string of the molecule is CC1CC(C)CN(c2cccc(F)c2C(C)O)C1. The van der Waals surface area contributed by atoms with Gasteiger partial charge >= 0.3 is 0 Å². The molecule has 0 radical (unpaired) electrons. The fraction of sp³-hybridized carbons (Fsp3) is 0.600. The normalized spacial score (nSPS) is 26.2. The Labute approximate surface area is 108 Å². The molecule has 3 heteroatoms. The molecule has 100 valence electrons. The summed E-state index contributed by atoms with van der Waals surface area (Å²) >= 11 is 0. The van der Waals surface area contributed by atoms with E-state index in [0.29, 0.717) is 17.4 Å². The van der Waals surface area contributed by atoms with Crippen molar-refractivity contribution in [1.29, 1.82) is 0 Å². The minimum atomic E-state index is -0.770. The second-order valence-corrected chi connectivity index (χ2v) is 5.70. The number of hydrogen-bond acceptors (Lipinski definition) is 2. The molecule has 2 rings (SSSR count). The maximum Gasteiger partial charge on any atom is 0.131 e. The van der Waals surface area contributed by atoms with Crippen molar-refractivity contribution in [2.45, 2.75) is 33.3 Å². The van der Waals surface area contributed by atoms with Crippen LogP contribution in [-0.2, 0) is 0 Å². The van der Waals surface area contributed by atoms with Gasteiger partial charge in [-0.2, -0.15) is 0 Å². The highest BCUT2D eigenvalue weighted by molar-refractivity contribution is 5.55. The van der Waals surface area contributed by atoms with E-state index in [4.69, 9.17) is 0 Å². The molecule has 1 aliphatic heterocycles. The van der Waals surface area contributed by atoms with Crippen LogP contribution in [0.15, 0.2) is 18.2 Å². The molecule has 0 aliphatic carbocycles. The number of piperidine rings is 1. The molecule has 18 heavy (non-hydrogen) atoms. The van der Waals surface area contributed by atoms with E-state index >= 15 is 0 Å². The van der Waals surface area contributed by atoms with Crippen LogP contribution >= 0.6 is 0 Å². The molecule has 1 fully saturated rings. The highest BCUT2D eigenvalue weighted by Gasteiger charge is 2.25. The van der Waals surface area contributed by atoms with E-state index in [2.05, 4.69) is 18.7 Å². The number of anilines is 1. The molecule has 1 aliphatic rings. The highest BCUT2D eigenvalue weighted by Crippen LogP contribution is 2.33. The summed E-state index contributed by atoms with van der Waals surface area (Å²) in [5.41, 5.74) is 1.28. The Kier molecular flexibility index (Phi) is 3.91. The number of benzene rings is 1. The van der Waals surface area contributed by atoms with Crippen molar-refractivity contribution in [2.75, 3.05) is 18.0 Å². The predicted octanol–water partition coefficient (Wildman–Crippen LogP) is 3.36.